The number of piperidine rings is 2. The summed E-state index contributed by atoms with van der Waals surface area (Å²) in [6.45, 7) is 23.4. The van der Waals surface area contributed by atoms with Gasteiger partial charge in [0.15, 0.2) is 30.5 Å². The van der Waals surface area contributed by atoms with Crippen LogP contribution < -0.4 is 24.1 Å². The number of hydrogen-bond acceptors (Lipinski definition) is 25. The fourth-order valence-corrected chi connectivity index (χ4v) is 32.5. The number of nitrogens with one attached hydrogen (secondary N) is 3. The molecular formula is C101H115BrClN21O5Sn. The first kappa shape index (κ1) is 94.9. The molecule has 4 atom stereocenters. The Morgan fingerprint density at radius 3 is 1.54 bits per heavy atom. The number of carbonyl (C=O) groups excluding carboxylic acids is 1. The molecule has 8 saturated heterocycles. The van der Waals surface area contributed by atoms with Crippen LogP contribution in [0.5, 0.6) is 0 Å². The molecule has 4 bridgehead atoms. The second kappa shape index (κ2) is 47.5. The number of anilines is 3. The molecule has 9 aliphatic rings. The molecule has 0 spiro atoms. The molecule has 4 unspecified atom stereocenters. The second-order valence-electron chi connectivity index (χ2n) is 33.5. The van der Waals surface area contributed by atoms with E-state index in [9.17, 15) is 4.79 Å². The first-order chi connectivity index (χ1) is 63.2. The van der Waals surface area contributed by atoms with Gasteiger partial charge in [-0.15, -0.1) is 12.4 Å². The Labute approximate surface area is 780 Å². The Morgan fingerprint density at radius 2 is 1.05 bits per heavy atom. The summed E-state index contributed by atoms with van der Waals surface area (Å²) in [5.74, 6) is 5.05. The van der Waals surface area contributed by atoms with Gasteiger partial charge in [0, 0.05) is 169 Å². The number of aldehydes is 1. The van der Waals surface area contributed by atoms with Crippen LogP contribution in [0.2, 0.25) is 13.3 Å². The fourth-order valence-electron chi connectivity index (χ4n) is 16.8. The number of aliphatic imine (C=N–C) groups is 1. The van der Waals surface area contributed by atoms with E-state index in [1.54, 1.807) is 40.6 Å². The molecule has 130 heavy (non-hydrogen) atoms. The minimum atomic E-state index is -2.21. The van der Waals surface area contributed by atoms with Crippen molar-refractivity contribution in [1.29, 1.82) is 0 Å². The standard InChI is InChI=1S/C32H32N8.C20H23N7.C13H12N2O2.C11H8N2O.C8H8BrNO2.C5H4N.3C4H9.ClH.Sn/c1-21-12-26(14-27-13-22(2)37-38-27)36-32(35-21)25-9-11-31(34-17-25)39-19-28-15-29(20-39)40(28)18-23-8-10-30(33-16-23)24-6-4-3-5-7-24;1-12-5-17(21-8-12)25-18-6-13(2)23-20(26-18)14-3-4-19(22-9-14)27-10-15-7-16(11-27)24-15;1-2-6-14-11(3-1)12-5-4-10(9-15-12)13-16-7-8-17-13;14-8-9-4-5-11(13-7-9)10-3-1-2-6-12-10;9-7-2-1-6(5-10-7)8-11-3-4-12-8;1-2-4-6-5-3-1;3*1-3-4-2;;/h3-13,16-17,28-29H,14-15,18-20H2,1-2H3,(H,37,38);3-6,9,15-16,24H,7-8,10-11H2,1-2H3,(H,21,23,25,26);1-6,9,13H,7-8H2;1-8H;1-2,5,8H,3-4H2;1-4H;3*1,3-4H2,2H3;1H;. The molecule has 1 aromatic carbocycles. The van der Waals surface area contributed by atoms with E-state index >= 15 is 0 Å². The maximum Gasteiger partial charge on any atom is 0.185 e. The molecule has 29 heteroatoms. The van der Waals surface area contributed by atoms with Crippen LogP contribution in [0.25, 0.3) is 56.8 Å². The largest absolute Gasteiger partial charge is 0.353 e. The SMILES string of the molecule is Brc1ccc(C2OCCO2)cn1.CC1=CC(Nc2cc(C)nc(-c3ccc(N4CC5CC(C4)N5)nc3)n2)=NC1.CCC[CH2][Sn]([CH2]CCC)([CH2]CCC)[c]1ccccn1.Cc1cc(Cc2cc(C)[nH]n2)nc(-c2ccc(N3CC4CC(C3)N4Cc3ccc(-c4ccccc4)nc3)nc2)n1.Cl.O=Cc1ccc(-c2ccccn2)nc1.c1ccc(-c2ccc(C3OCCO3)cn2)nc1. The Balaban J connectivity index is 0.000000133. The topological polar surface area (TPSA) is 296 Å². The van der Waals surface area contributed by atoms with Gasteiger partial charge in [-0.3, -0.25) is 44.7 Å². The number of carbonyl (C=O) groups is 1. The molecular weight excluding hydrogens is 1820 g/mol. The number of H-pyrrole nitrogens is 1. The summed E-state index contributed by atoms with van der Waals surface area (Å²) in [4.78, 5) is 81.0. The number of halogens is 2. The second-order valence-corrected chi connectivity index (χ2v) is 47.4. The van der Waals surface area contributed by atoms with Crippen molar-refractivity contribution in [3.05, 3.63) is 299 Å². The van der Waals surface area contributed by atoms with Gasteiger partial charge in [-0.2, -0.15) is 5.10 Å². The van der Waals surface area contributed by atoms with Crippen LogP contribution in [-0.2, 0) is 31.9 Å². The molecule has 0 radical (unpaired) electrons. The van der Waals surface area contributed by atoms with Crippen molar-refractivity contribution in [2.45, 2.75) is 163 Å². The van der Waals surface area contributed by atoms with E-state index in [2.05, 4.69) is 214 Å². The summed E-state index contributed by atoms with van der Waals surface area (Å²) >= 11 is 1.05. The number of nitrogens with zero attached hydrogens (tertiary/aromatic N) is 18. The Morgan fingerprint density at radius 1 is 0.500 bits per heavy atom. The normalized spacial score (nSPS) is 17.2. The zero-order chi connectivity index (χ0) is 89.1. The van der Waals surface area contributed by atoms with Crippen LogP contribution in [0.4, 0.5) is 17.5 Å². The summed E-state index contributed by atoms with van der Waals surface area (Å²) < 4.78 is 28.3. The van der Waals surface area contributed by atoms with Crippen molar-refractivity contribution < 1.29 is 23.7 Å². The number of fused-ring (bicyclic) bond motifs is 4. The van der Waals surface area contributed by atoms with E-state index in [-0.39, 0.29) is 25.0 Å². The Bertz CT molecular complexity index is 5690. The van der Waals surface area contributed by atoms with Crippen LogP contribution in [0.15, 0.2) is 253 Å². The fraction of sp³-hybridized carbons (Fsp3) is 0.347. The van der Waals surface area contributed by atoms with E-state index < -0.39 is 18.4 Å². The Kier molecular flexibility index (Phi) is 34.7. The average Bonchev–Trinajstić information content (AvgIpc) is 1.34. The summed E-state index contributed by atoms with van der Waals surface area (Å²) in [7, 11) is 0. The predicted octanol–water partition coefficient (Wildman–Crippen LogP) is 18.8. The Hall–Kier alpha value is -11.3. The number of hydrogen-bond donors (Lipinski definition) is 3. The van der Waals surface area contributed by atoms with Gasteiger partial charge in [0.2, 0.25) is 0 Å². The molecule has 22 rings (SSSR count). The summed E-state index contributed by atoms with van der Waals surface area (Å²) in [5, 5.41) is 14.2. The number of aromatic amines is 1. The number of ether oxygens (including phenoxy) is 4. The van der Waals surface area contributed by atoms with Gasteiger partial charge in [-0.05, 0) is 171 Å². The number of aromatic nitrogens is 15. The molecule has 0 amide bonds. The van der Waals surface area contributed by atoms with Gasteiger partial charge < -0.3 is 39.4 Å². The summed E-state index contributed by atoms with van der Waals surface area (Å²) in [5.41, 5.74) is 17.2. The van der Waals surface area contributed by atoms with Gasteiger partial charge >= 0.3 is 124 Å². The third kappa shape index (κ3) is 26.3. The minimum absolute atomic E-state index is 0. The minimum Gasteiger partial charge on any atom is -0.353 e. The van der Waals surface area contributed by atoms with Crippen LogP contribution in [-0.4, -0.2) is 194 Å². The maximum absolute atomic E-state index is 10.4. The molecule has 0 saturated carbocycles. The van der Waals surface area contributed by atoms with Crippen molar-refractivity contribution in [1.82, 2.24) is 85.2 Å². The van der Waals surface area contributed by atoms with Gasteiger partial charge in [0.25, 0.3) is 0 Å². The van der Waals surface area contributed by atoms with Crippen molar-refractivity contribution in [2.24, 2.45) is 4.99 Å². The molecule has 12 aromatic heterocycles. The number of pyridine rings is 9. The summed E-state index contributed by atoms with van der Waals surface area (Å²) in [6, 6.07) is 60.6. The quantitative estimate of drug-likeness (QED) is 0.0272. The van der Waals surface area contributed by atoms with E-state index in [1.165, 1.54) is 82.0 Å². The first-order valence-corrected chi connectivity index (χ1v) is 53.3. The number of benzene rings is 1. The maximum atomic E-state index is 10.4. The molecule has 0 aliphatic carbocycles. The van der Waals surface area contributed by atoms with Crippen LogP contribution in [0.1, 0.15) is 147 Å². The van der Waals surface area contributed by atoms with Gasteiger partial charge in [-0.1, -0.05) is 54.6 Å². The van der Waals surface area contributed by atoms with Crippen molar-refractivity contribution >= 4 is 80.0 Å². The average molecular weight is 1940 g/mol. The summed E-state index contributed by atoms with van der Waals surface area (Å²) in [6.07, 6.45) is 30.2. The smallest absolute Gasteiger partial charge is 0.185 e. The van der Waals surface area contributed by atoms with Crippen LogP contribution in [0.3, 0.4) is 0 Å². The number of piperazine rings is 2. The van der Waals surface area contributed by atoms with Crippen LogP contribution >= 0.6 is 28.3 Å². The molecule has 3 N–H and O–H groups in total. The molecule has 13 aromatic rings. The van der Waals surface area contributed by atoms with E-state index in [4.69, 9.17) is 38.9 Å². The molecule has 672 valence electrons. The number of rotatable bonds is 25. The third-order valence-electron chi connectivity index (χ3n) is 23.5. The van der Waals surface area contributed by atoms with Crippen LogP contribution in [0, 0.1) is 20.8 Å². The molecule has 9 aliphatic heterocycles. The van der Waals surface area contributed by atoms with E-state index in [0.29, 0.717) is 74.2 Å². The zero-order valence-corrected chi connectivity index (χ0v) is 80.2. The van der Waals surface area contributed by atoms with Gasteiger partial charge in [0.1, 0.15) is 27.9 Å². The molecule has 8 fully saturated rings. The predicted molar refractivity (Wildman–Crippen MR) is 521 cm³/mol. The number of unbranched alkanes of at least 4 members (excludes halogenated alkanes) is 3. The zero-order valence-electron chi connectivity index (χ0n) is 75.0. The monoisotopic (exact) mass is 1940 g/mol. The van der Waals surface area contributed by atoms with Crippen molar-refractivity contribution in [3.63, 3.8) is 0 Å². The molecule has 21 heterocycles. The number of amidine groups is 1. The first-order valence-electron chi connectivity index (χ1n) is 45.0. The van der Waals surface area contributed by atoms with Gasteiger partial charge in [-0.25, -0.2) is 34.9 Å². The molecule has 26 nitrogen and oxygen atoms in total. The van der Waals surface area contributed by atoms with Gasteiger partial charge in [0.05, 0.1) is 72.8 Å². The van der Waals surface area contributed by atoms with Crippen molar-refractivity contribution in [2.75, 3.05) is 74.3 Å². The number of aryl methyl sites for hydroxylation is 3. The van der Waals surface area contributed by atoms with Crippen molar-refractivity contribution in [3.8, 4) is 56.8 Å². The third-order valence-corrected chi connectivity index (χ3v) is 39.2. The van der Waals surface area contributed by atoms with E-state index in [1.807, 2.05) is 130 Å². The van der Waals surface area contributed by atoms with E-state index in [0.717, 1.165) is 158 Å².